The minimum atomic E-state index is 0. The van der Waals surface area contributed by atoms with E-state index in [1.165, 1.54) is 0 Å². The summed E-state index contributed by atoms with van der Waals surface area (Å²) in [5, 5.41) is 0. The molecule has 1 nitrogen and oxygen atoms in total. The number of nitrogens with zero attached hydrogens (tertiary/aromatic N) is 1. The lowest BCUT2D eigenvalue weighted by atomic mass is 10.4. The fourth-order valence-electron chi connectivity index (χ4n) is 0.258. The Hall–Kier alpha value is 0.540. The molecule has 0 aliphatic carbocycles. The third-order valence-corrected chi connectivity index (χ3v) is 1.41. The summed E-state index contributed by atoms with van der Waals surface area (Å²) in [6, 6.07) is 0. The van der Waals surface area contributed by atoms with Crippen molar-refractivity contribution in [1.82, 2.24) is 4.90 Å². The predicted molar refractivity (Wildman–Crippen MR) is 40.6 cm³/mol. The monoisotopic (exact) mass is 156 g/mol. The Labute approximate surface area is 62.4 Å². The Balaban J connectivity index is 0. The topological polar surface area (TPSA) is 3.24 Å². The van der Waals surface area contributed by atoms with Crippen LogP contribution in [-0.2, 0) is 0 Å². The average molecular weight is 157 g/mol. The Morgan fingerprint density at radius 1 is 1.62 bits per heavy atom. The van der Waals surface area contributed by atoms with Gasteiger partial charge < -0.3 is 0 Å². The molecule has 0 fully saturated rings. The first-order valence-corrected chi connectivity index (χ1v) is 2.72. The first-order chi connectivity index (χ1) is 3.18. The highest BCUT2D eigenvalue weighted by Crippen LogP contribution is 2.01. The quantitative estimate of drug-likeness (QED) is 0.436. The molecular formula is C5H12Cl2N. The molecule has 51 valence electrons. The van der Waals surface area contributed by atoms with Gasteiger partial charge in [0, 0.05) is 0 Å². The van der Waals surface area contributed by atoms with E-state index in [9.17, 15) is 0 Å². The van der Waals surface area contributed by atoms with Gasteiger partial charge in [-0.25, -0.2) is 0 Å². The number of hydrogen-bond acceptors (Lipinski definition) is 1. The van der Waals surface area contributed by atoms with Crippen molar-refractivity contribution in [3.05, 3.63) is 6.92 Å². The second-order valence-electron chi connectivity index (χ2n) is 1.69. The summed E-state index contributed by atoms with van der Waals surface area (Å²) in [4.78, 5) is 1.93. The zero-order chi connectivity index (χ0) is 5.86. The molecule has 1 unspecified atom stereocenters. The third-order valence-electron chi connectivity index (χ3n) is 0.799. The second kappa shape index (κ2) is 5.67. The molecule has 0 N–H and O–H groups in total. The summed E-state index contributed by atoms with van der Waals surface area (Å²) in [5.74, 6) is 0. The van der Waals surface area contributed by atoms with Crippen LogP contribution in [0.3, 0.4) is 0 Å². The lowest BCUT2D eigenvalue weighted by molar-refractivity contribution is 0.377. The summed E-state index contributed by atoms with van der Waals surface area (Å²) in [5.41, 5.74) is 0.0972. The van der Waals surface area contributed by atoms with Crippen LogP contribution in [-0.4, -0.2) is 24.5 Å². The van der Waals surface area contributed by atoms with E-state index in [1.54, 1.807) is 0 Å². The molecule has 0 heterocycles. The first kappa shape index (κ1) is 11.4. The van der Waals surface area contributed by atoms with Crippen molar-refractivity contribution < 1.29 is 0 Å². The highest BCUT2D eigenvalue weighted by molar-refractivity contribution is 6.20. The van der Waals surface area contributed by atoms with Crippen molar-refractivity contribution in [1.29, 1.82) is 0 Å². The third kappa shape index (κ3) is 4.69. The Morgan fingerprint density at radius 2 is 2.00 bits per heavy atom. The minimum absolute atomic E-state index is 0. The van der Waals surface area contributed by atoms with Crippen molar-refractivity contribution >= 4 is 24.0 Å². The average Bonchev–Trinajstić information content (AvgIpc) is 1.65. The van der Waals surface area contributed by atoms with E-state index in [1.807, 2.05) is 19.0 Å². The van der Waals surface area contributed by atoms with Crippen molar-refractivity contribution in [3.8, 4) is 0 Å². The molecule has 8 heavy (non-hydrogen) atoms. The van der Waals surface area contributed by atoms with Crippen LogP contribution >= 0.6 is 24.0 Å². The molecule has 0 aromatic carbocycles. The Morgan fingerprint density at radius 3 is 2.00 bits per heavy atom. The summed E-state index contributed by atoms with van der Waals surface area (Å²) >= 11 is 5.66. The molecule has 0 spiro atoms. The number of alkyl halides is 1. The zero-order valence-corrected chi connectivity index (χ0v) is 6.80. The fraction of sp³-hybridized carbons (Fsp3) is 0.800. The number of rotatable bonds is 2. The van der Waals surface area contributed by atoms with Crippen LogP contribution in [0.25, 0.3) is 0 Å². The smallest absolute Gasteiger partial charge is 0.0845 e. The molecule has 0 amide bonds. The largest absolute Gasteiger partial charge is 0.294 e. The standard InChI is InChI=1S/C5H11ClN.ClH/c1-4-5(6)7(2)3;/h5H,1,4H2,2-3H3;1H. The predicted octanol–water partition coefficient (Wildman–Crippen LogP) is 1.76. The van der Waals surface area contributed by atoms with E-state index in [0.717, 1.165) is 6.42 Å². The summed E-state index contributed by atoms with van der Waals surface area (Å²) < 4.78 is 0. The van der Waals surface area contributed by atoms with E-state index in [2.05, 4.69) is 6.92 Å². The van der Waals surface area contributed by atoms with Gasteiger partial charge in [-0.15, -0.1) is 24.0 Å². The van der Waals surface area contributed by atoms with Crippen LogP contribution in [0.2, 0.25) is 0 Å². The molecule has 0 rings (SSSR count). The van der Waals surface area contributed by atoms with Gasteiger partial charge in [-0.3, -0.25) is 4.90 Å². The van der Waals surface area contributed by atoms with Gasteiger partial charge in [0.15, 0.2) is 0 Å². The number of hydrogen-bond donors (Lipinski definition) is 0. The van der Waals surface area contributed by atoms with Gasteiger partial charge in [0.1, 0.15) is 0 Å². The highest BCUT2D eigenvalue weighted by Gasteiger charge is 2.00. The van der Waals surface area contributed by atoms with Crippen molar-refractivity contribution in [3.63, 3.8) is 0 Å². The van der Waals surface area contributed by atoms with Gasteiger partial charge in [0.2, 0.25) is 0 Å². The fourth-order valence-corrected chi connectivity index (χ4v) is 0.258. The summed E-state index contributed by atoms with van der Waals surface area (Å²) in [6.45, 7) is 3.63. The SMILES string of the molecule is Cl.[CH2]CC(Cl)N(C)C. The van der Waals surface area contributed by atoms with E-state index in [4.69, 9.17) is 11.6 Å². The van der Waals surface area contributed by atoms with E-state index in [0.29, 0.717) is 0 Å². The summed E-state index contributed by atoms with van der Waals surface area (Å²) in [6.07, 6.45) is 0.758. The normalized spacial score (nSPS) is 13.1. The van der Waals surface area contributed by atoms with Gasteiger partial charge in [-0.1, -0.05) is 6.92 Å². The van der Waals surface area contributed by atoms with Gasteiger partial charge in [-0.2, -0.15) is 0 Å². The first-order valence-electron chi connectivity index (χ1n) is 2.28. The maximum Gasteiger partial charge on any atom is 0.0845 e. The van der Waals surface area contributed by atoms with Crippen molar-refractivity contribution in [2.75, 3.05) is 14.1 Å². The molecule has 0 aromatic rings. The maximum atomic E-state index is 5.66. The van der Waals surface area contributed by atoms with Crippen molar-refractivity contribution in [2.45, 2.75) is 11.9 Å². The Kier molecular flexibility index (Phi) is 8.05. The zero-order valence-electron chi connectivity index (χ0n) is 5.22. The highest BCUT2D eigenvalue weighted by atomic mass is 35.5. The molecule has 0 saturated carbocycles. The summed E-state index contributed by atoms with van der Waals surface area (Å²) in [7, 11) is 3.87. The van der Waals surface area contributed by atoms with Crippen LogP contribution in [0.4, 0.5) is 0 Å². The van der Waals surface area contributed by atoms with Crippen LogP contribution < -0.4 is 0 Å². The molecule has 3 heteroatoms. The number of halogens is 2. The van der Waals surface area contributed by atoms with Gasteiger partial charge >= 0.3 is 0 Å². The minimum Gasteiger partial charge on any atom is -0.294 e. The Bertz CT molecular complexity index is 47.7. The van der Waals surface area contributed by atoms with E-state index >= 15 is 0 Å². The molecule has 0 aliphatic heterocycles. The lowest BCUT2D eigenvalue weighted by Gasteiger charge is -2.13. The van der Waals surface area contributed by atoms with Crippen LogP contribution in [0.5, 0.6) is 0 Å². The lowest BCUT2D eigenvalue weighted by Crippen LogP contribution is -2.20. The van der Waals surface area contributed by atoms with Gasteiger partial charge in [0.05, 0.1) is 5.50 Å². The van der Waals surface area contributed by atoms with Gasteiger partial charge in [0.25, 0.3) is 0 Å². The molecular weight excluding hydrogens is 145 g/mol. The van der Waals surface area contributed by atoms with Crippen LogP contribution in [0.15, 0.2) is 0 Å². The molecule has 0 bridgehead atoms. The van der Waals surface area contributed by atoms with Crippen LogP contribution in [0.1, 0.15) is 6.42 Å². The molecule has 0 aliphatic rings. The van der Waals surface area contributed by atoms with Gasteiger partial charge in [-0.05, 0) is 20.5 Å². The molecule has 1 atom stereocenters. The molecule has 1 radical (unpaired) electrons. The molecule has 0 saturated heterocycles. The molecule has 0 aromatic heterocycles. The maximum absolute atomic E-state index is 5.66. The second-order valence-corrected chi connectivity index (χ2v) is 2.19. The van der Waals surface area contributed by atoms with Crippen molar-refractivity contribution in [2.24, 2.45) is 0 Å². The van der Waals surface area contributed by atoms with E-state index in [-0.39, 0.29) is 17.9 Å². The van der Waals surface area contributed by atoms with Crippen LogP contribution in [0, 0.1) is 6.92 Å². The van der Waals surface area contributed by atoms with E-state index < -0.39 is 0 Å².